The van der Waals surface area contributed by atoms with Gasteiger partial charge in [-0.2, -0.15) is 0 Å². The second kappa shape index (κ2) is 8.14. The molecule has 3 nitrogen and oxygen atoms in total. The molecule has 0 aliphatic carbocycles. The average molecular weight is 307 g/mol. The summed E-state index contributed by atoms with van der Waals surface area (Å²) >= 11 is 0. The Hall–Kier alpha value is -2.60. The second-order valence-electron chi connectivity index (χ2n) is 5.82. The van der Waals surface area contributed by atoms with Gasteiger partial charge in [0.2, 0.25) is 0 Å². The van der Waals surface area contributed by atoms with Gasteiger partial charge < -0.3 is 5.73 Å². The first kappa shape index (κ1) is 18.4. The van der Waals surface area contributed by atoms with Gasteiger partial charge in [-0.1, -0.05) is 49.6 Å². The third kappa shape index (κ3) is 4.43. The Bertz CT molecular complexity index is 713. The van der Waals surface area contributed by atoms with E-state index in [0.717, 1.165) is 16.7 Å². The van der Waals surface area contributed by atoms with Crippen LogP contribution in [-0.2, 0) is 0 Å². The van der Waals surface area contributed by atoms with Crippen molar-refractivity contribution < 1.29 is 0 Å². The number of allylic oxidation sites excluding steroid dienone is 3. The molecule has 23 heavy (non-hydrogen) atoms. The number of rotatable bonds is 6. The Kier molecular flexibility index (Phi) is 6.53. The first-order valence-corrected chi connectivity index (χ1v) is 7.67. The fourth-order valence-electron chi connectivity index (χ4n) is 2.42. The van der Waals surface area contributed by atoms with Crippen molar-refractivity contribution in [1.82, 2.24) is 0 Å². The standard InChI is InChI=1S/C20H25N3/c1-6-15(11-16(12-21)19(22)7-2)20(23)17-9-8-14(5)10-18(17)13(3)4/h2,6,8-10,12-13,22-23H,11,21H2,1,3-5H3/b15-6-,16-12-,22-19?,23-20?. The molecule has 0 saturated carbocycles. The molecule has 120 valence electrons. The van der Waals surface area contributed by atoms with Crippen LogP contribution in [0.1, 0.15) is 49.8 Å². The van der Waals surface area contributed by atoms with E-state index in [1.54, 1.807) is 0 Å². The maximum atomic E-state index is 8.60. The maximum absolute atomic E-state index is 8.60. The van der Waals surface area contributed by atoms with Crippen molar-refractivity contribution in [3.8, 4) is 12.3 Å². The van der Waals surface area contributed by atoms with Crippen molar-refractivity contribution in [1.29, 1.82) is 10.8 Å². The van der Waals surface area contributed by atoms with Crippen molar-refractivity contribution in [2.45, 2.75) is 40.0 Å². The van der Waals surface area contributed by atoms with Crippen LogP contribution in [-0.4, -0.2) is 11.4 Å². The number of benzene rings is 1. The molecule has 0 bridgehead atoms. The van der Waals surface area contributed by atoms with E-state index in [1.165, 1.54) is 11.8 Å². The smallest absolute Gasteiger partial charge is 0.109 e. The Morgan fingerprint density at radius 1 is 1.30 bits per heavy atom. The van der Waals surface area contributed by atoms with Gasteiger partial charge in [-0.25, -0.2) is 0 Å². The van der Waals surface area contributed by atoms with E-state index in [1.807, 2.05) is 25.1 Å². The Morgan fingerprint density at radius 2 is 1.96 bits per heavy atom. The van der Waals surface area contributed by atoms with Crippen molar-refractivity contribution in [3.63, 3.8) is 0 Å². The molecule has 0 saturated heterocycles. The Labute approximate surface area is 139 Å². The first-order valence-electron chi connectivity index (χ1n) is 7.67. The van der Waals surface area contributed by atoms with Gasteiger partial charge in [-0.15, -0.1) is 6.42 Å². The number of aryl methyl sites for hydroxylation is 1. The fraction of sp³-hybridized carbons (Fsp3) is 0.300. The van der Waals surface area contributed by atoms with Gasteiger partial charge in [0.25, 0.3) is 0 Å². The summed E-state index contributed by atoms with van der Waals surface area (Å²) in [6.07, 6.45) is 8.93. The van der Waals surface area contributed by atoms with Gasteiger partial charge in [-0.3, -0.25) is 10.8 Å². The number of terminal acetylenes is 1. The van der Waals surface area contributed by atoms with Crippen LogP contribution in [0, 0.1) is 30.1 Å². The topological polar surface area (TPSA) is 73.7 Å². The average Bonchev–Trinajstić information content (AvgIpc) is 2.54. The molecule has 1 aromatic rings. The molecule has 4 N–H and O–H groups in total. The van der Waals surface area contributed by atoms with Gasteiger partial charge >= 0.3 is 0 Å². The zero-order chi connectivity index (χ0) is 17.6. The highest BCUT2D eigenvalue weighted by molar-refractivity contribution is 6.15. The molecule has 0 fully saturated rings. The van der Waals surface area contributed by atoms with Crippen molar-refractivity contribution >= 4 is 11.4 Å². The number of nitrogens with two attached hydrogens (primary N) is 1. The molecule has 0 amide bonds. The van der Waals surface area contributed by atoms with Crippen LogP contribution >= 0.6 is 0 Å². The van der Waals surface area contributed by atoms with E-state index < -0.39 is 0 Å². The highest BCUT2D eigenvalue weighted by Gasteiger charge is 2.16. The third-order valence-electron chi connectivity index (χ3n) is 3.82. The van der Waals surface area contributed by atoms with Crippen LogP contribution in [0.25, 0.3) is 0 Å². The van der Waals surface area contributed by atoms with E-state index in [4.69, 9.17) is 23.0 Å². The lowest BCUT2D eigenvalue weighted by Crippen LogP contribution is -2.12. The predicted molar refractivity (Wildman–Crippen MR) is 99.3 cm³/mol. The van der Waals surface area contributed by atoms with Crippen LogP contribution in [0.4, 0.5) is 0 Å². The molecular formula is C20H25N3. The number of hydrogen-bond donors (Lipinski definition) is 3. The minimum atomic E-state index is 0.0626. The largest absolute Gasteiger partial charge is 0.404 e. The lowest BCUT2D eigenvalue weighted by Gasteiger charge is -2.17. The fourth-order valence-corrected chi connectivity index (χ4v) is 2.42. The van der Waals surface area contributed by atoms with E-state index >= 15 is 0 Å². The zero-order valence-electron chi connectivity index (χ0n) is 14.3. The number of nitrogens with one attached hydrogen (secondary N) is 2. The van der Waals surface area contributed by atoms with Crippen LogP contribution in [0.3, 0.4) is 0 Å². The highest BCUT2D eigenvalue weighted by atomic mass is 14.5. The van der Waals surface area contributed by atoms with Gasteiger partial charge in [0.05, 0.1) is 5.71 Å². The summed E-state index contributed by atoms with van der Waals surface area (Å²) in [7, 11) is 0. The molecule has 0 radical (unpaired) electrons. The summed E-state index contributed by atoms with van der Waals surface area (Å²) in [5, 5.41) is 16.4. The van der Waals surface area contributed by atoms with Gasteiger partial charge in [0.1, 0.15) is 5.71 Å². The molecule has 0 aromatic heterocycles. The summed E-state index contributed by atoms with van der Waals surface area (Å²) in [6.45, 7) is 8.19. The molecule has 0 unspecified atom stereocenters. The molecule has 1 rings (SSSR count). The third-order valence-corrected chi connectivity index (χ3v) is 3.82. The quantitative estimate of drug-likeness (QED) is 0.531. The van der Waals surface area contributed by atoms with Gasteiger partial charge in [0.15, 0.2) is 0 Å². The molecule has 0 aliphatic heterocycles. The molecule has 0 spiro atoms. The molecule has 0 aliphatic rings. The lowest BCUT2D eigenvalue weighted by molar-refractivity contribution is 0.861. The second-order valence-corrected chi connectivity index (χ2v) is 5.82. The van der Waals surface area contributed by atoms with E-state index in [0.29, 0.717) is 23.6 Å². The maximum Gasteiger partial charge on any atom is 0.109 e. The van der Waals surface area contributed by atoms with E-state index in [2.05, 4.69) is 32.8 Å². The monoisotopic (exact) mass is 307 g/mol. The van der Waals surface area contributed by atoms with Crippen molar-refractivity contribution in [2.75, 3.05) is 0 Å². The zero-order valence-corrected chi connectivity index (χ0v) is 14.3. The minimum Gasteiger partial charge on any atom is -0.404 e. The Morgan fingerprint density at radius 3 is 2.43 bits per heavy atom. The summed E-state index contributed by atoms with van der Waals surface area (Å²) in [6, 6.07) is 6.14. The molecule has 0 atom stereocenters. The summed E-state index contributed by atoms with van der Waals surface area (Å²) < 4.78 is 0. The lowest BCUT2D eigenvalue weighted by atomic mass is 9.88. The van der Waals surface area contributed by atoms with Crippen LogP contribution < -0.4 is 5.73 Å². The number of hydrogen-bond acceptors (Lipinski definition) is 3. The molecular weight excluding hydrogens is 282 g/mol. The van der Waals surface area contributed by atoms with Crippen molar-refractivity contribution in [3.05, 3.63) is 58.3 Å². The van der Waals surface area contributed by atoms with Crippen LogP contribution in [0.15, 0.2) is 41.6 Å². The van der Waals surface area contributed by atoms with Gasteiger partial charge in [0, 0.05) is 23.8 Å². The van der Waals surface area contributed by atoms with E-state index in [9.17, 15) is 0 Å². The molecule has 1 aromatic carbocycles. The summed E-state index contributed by atoms with van der Waals surface area (Å²) in [4.78, 5) is 0. The first-order chi connectivity index (χ1) is 10.8. The summed E-state index contributed by atoms with van der Waals surface area (Å²) in [5.74, 6) is 2.63. The molecule has 0 heterocycles. The Balaban J connectivity index is 3.22. The van der Waals surface area contributed by atoms with Crippen LogP contribution in [0.2, 0.25) is 0 Å². The van der Waals surface area contributed by atoms with Crippen LogP contribution in [0.5, 0.6) is 0 Å². The minimum absolute atomic E-state index is 0.0626. The predicted octanol–water partition coefficient (Wildman–Crippen LogP) is 4.32. The summed E-state index contributed by atoms with van der Waals surface area (Å²) in [5.41, 5.74) is 10.7. The van der Waals surface area contributed by atoms with Gasteiger partial charge in [-0.05, 0) is 30.9 Å². The molecule has 3 heteroatoms. The van der Waals surface area contributed by atoms with E-state index in [-0.39, 0.29) is 5.71 Å². The SMILES string of the molecule is C#CC(=N)/C(=C\N)C/C(=C/C)C(=N)c1ccc(C)cc1C(C)C. The van der Waals surface area contributed by atoms with Crippen molar-refractivity contribution in [2.24, 2.45) is 5.73 Å². The highest BCUT2D eigenvalue weighted by Crippen LogP contribution is 2.25. The normalized spacial score (nSPS) is 12.2.